The van der Waals surface area contributed by atoms with Crippen LogP contribution in [0.1, 0.15) is 42.1 Å². The molecule has 1 aliphatic heterocycles. The number of piperidine rings is 1. The fraction of sp³-hybridized carbons (Fsp3) is 0.381. The third-order valence-corrected chi connectivity index (χ3v) is 6.99. The van der Waals surface area contributed by atoms with Crippen molar-refractivity contribution in [2.45, 2.75) is 44.0 Å². The quantitative estimate of drug-likeness (QED) is 0.561. The molecule has 1 atom stereocenters. The Labute approximate surface area is 166 Å². The summed E-state index contributed by atoms with van der Waals surface area (Å²) in [5, 5.41) is 0. The highest BCUT2D eigenvalue weighted by molar-refractivity contribution is 7.89. The summed E-state index contributed by atoms with van der Waals surface area (Å²) in [4.78, 5) is 12.5. The first-order valence-electron chi connectivity index (χ1n) is 9.31. The zero-order valence-electron chi connectivity index (χ0n) is 16.3. The van der Waals surface area contributed by atoms with Gasteiger partial charge >= 0.3 is 5.97 Å². The molecular formula is C21H25NO5S. The fourth-order valence-electron chi connectivity index (χ4n) is 3.33. The third kappa shape index (κ3) is 4.20. The van der Waals surface area contributed by atoms with E-state index in [0.717, 1.165) is 24.8 Å². The first kappa shape index (κ1) is 20.4. The van der Waals surface area contributed by atoms with Crippen molar-refractivity contribution < 1.29 is 22.7 Å². The summed E-state index contributed by atoms with van der Waals surface area (Å²) in [5.74, 6) is -0.000198. The maximum absolute atomic E-state index is 13.2. The van der Waals surface area contributed by atoms with Crippen LogP contribution in [0.3, 0.4) is 0 Å². The standard InChI is InChI=1S/C21H25NO5S/c1-15-7-10-18(11-8-15)27-21(23)17-9-12-19(26-3)20(14-17)28(24,25)22-13-5-4-6-16(22)2/h7-12,14,16H,4-6,13H2,1-3H3. The lowest BCUT2D eigenvalue weighted by atomic mass is 10.1. The van der Waals surface area contributed by atoms with Crippen molar-refractivity contribution in [3.8, 4) is 11.5 Å². The summed E-state index contributed by atoms with van der Waals surface area (Å²) in [6.07, 6.45) is 2.64. The van der Waals surface area contributed by atoms with Crippen LogP contribution in [0.4, 0.5) is 0 Å². The van der Waals surface area contributed by atoms with Crippen LogP contribution in [0.5, 0.6) is 11.5 Å². The van der Waals surface area contributed by atoms with Gasteiger partial charge < -0.3 is 9.47 Å². The molecule has 150 valence electrons. The number of carbonyl (C=O) groups is 1. The van der Waals surface area contributed by atoms with Gasteiger partial charge in [-0.05, 0) is 57.0 Å². The molecule has 3 rings (SSSR count). The molecule has 1 unspecified atom stereocenters. The van der Waals surface area contributed by atoms with Gasteiger partial charge in [0.15, 0.2) is 0 Å². The lowest BCUT2D eigenvalue weighted by Crippen LogP contribution is -2.42. The van der Waals surface area contributed by atoms with E-state index in [1.807, 2.05) is 26.0 Å². The summed E-state index contributed by atoms with van der Waals surface area (Å²) in [6, 6.07) is 11.3. The number of benzene rings is 2. The van der Waals surface area contributed by atoms with Gasteiger partial charge in [0.1, 0.15) is 16.4 Å². The van der Waals surface area contributed by atoms with Crippen LogP contribution >= 0.6 is 0 Å². The van der Waals surface area contributed by atoms with Gasteiger partial charge in [-0.2, -0.15) is 4.31 Å². The minimum atomic E-state index is -3.79. The van der Waals surface area contributed by atoms with E-state index in [4.69, 9.17) is 9.47 Å². The van der Waals surface area contributed by atoms with Crippen LogP contribution < -0.4 is 9.47 Å². The Morgan fingerprint density at radius 3 is 2.46 bits per heavy atom. The van der Waals surface area contributed by atoms with Gasteiger partial charge in [-0.25, -0.2) is 13.2 Å². The van der Waals surface area contributed by atoms with E-state index in [-0.39, 0.29) is 22.3 Å². The Bertz CT molecular complexity index is 953. The molecule has 0 spiro atoms. The van der Waals surface area contributed by atoms with E-state index in [0.29, 0.717) is 12.3 Å². The molecule has 1 saturated heterocycles. The summed E-state index contributed by atoms with van der Waals surface area (Å²) < 4.78 is 38.6. The SMILES string of the molecule is COc1ccc(C(=O)Oc2ccc(C)cc2)cc1S(=O)(=O)N1CCCCC1C. The number of esters is 1. The molecule has 0 bridgehead atoms. The number of carbonyl (C=O) groups excluding carboxylic acids is 1. The fourth-order valence-corrected chi connectivity index (χ4v) is 5.22. The summed E-state index contributed by atoms with van der Waals surface area (Å²) >= 11 is 0. The molecule has 0 N–H and O–H groups in total. The molecular weight excluding hydrogens is 378 g/mol. The van der Waals surface area contributed by atoms with Crippen molar-refractivity contribution in [1.82, 2.24) is 4.31 Å². The van der Waals surface area contributed by atoms with Gasteiger partial charge in [-0.15, -0.1) is 0 Å². The molecule has 0 amide bonds. The second-order valence-electron chi connectivity index (χ2n) is 7.03. The first-order chi connectivity index (χ1) is 13.3. The molecule has 0 aliphatic carbocycles. The zero-order valence-corrected chi connectivity index (χ0v) is 17.2. The number of methoxy groups -OCH3 is 1. The number of nitrogens with zero attached hydrogens (tertiary/aromatic N) is 1. The maximum atomic E-state index is 13.2. The molecule has 0 saturated carbocycles. The molecule has 1 heterocycles. The van der Waals surface area contributed by atoms with Gasteiger partial charge in [0, 0.05) is 12.6 Å². The zero-order chi connectivity index (χ0) is 20.3. The van der Waals surface area contributed by atoms with Crippen LogP contribution in [-0.4, -0.2) is 38.4 Å². The van der Waals surface area contributed by atoms with Gasteiger partial charge in [0.25, 0.3) is 0 Å². The van der Waals surface area contributed by atoms with E-state index in [1.54, 1.807) is 12.1 Å². The van der Waals surface area contributed by atoms with Crippen molar-refractivity contribution in [3.63, 3.8) is 0 Å². The van der Waals surface area contributed by atoms with Gasteiger partial charge in [0.05, 0.1) is 12.7 Å². The van der Waals surface area contributed by atoms with Crippen molar-refractivity contribution in [3.05, 3.63) is 53.6 Å². The first-order valence-corrected chi connectivity index (χ1v) is 10.8. The smallest absolute Gasteiger partial charge is 0.343 e. The molecule has 0 aromatic heterocycles. The topological polar surface area (TPSA) is 72.9 Å². The van der Waals surface area contributed by atoms with E-state index in [1.165, 1.54) is 29.6 Å². The van der Waals surface area contributed by atoms with Crippen molar-refractivity contribution in [2.75, 3.05) is 13.7 Å². The normalized spacial score (nSPS) is 17.9. The molecule has 2 aromatic carbocycles. The Morgan fingerprint density at radius 1 is 1.11 bits per heavy atom. The monoisotopic (exact) mass is 403 g/mol. The Hall–Kier alpha value is -2.38. The van der Waals surface area contributed by atoms with Gasteiger partial charge in [0.2, 0.25) is 10.0 Å². The Balaban J connectivity index is 1.93. The largest absolute Gasteiger partial charge is 0.495 e. The highest BCUT2D eigenvalue weighted by Crippen LogP contribution is 2.32. The van der Waals surface area contributed by atoms with Crippen molar-refractivity contribution >= 4 is 16.0 Å². The van der Waals surface area contributed by atoms with Crippen LogP contribution in [-0.2, 0) is 10.0 Å². The summed E-state index contributed by atoms with van der Waals surface area (Å²) in [5.41, 5.74) is 1.21. The molecule has 2 aromatic rings. The Kier molecular flexibility index (Phi) is 6.05. The number of sulfonamides is 1. The van der Waals surface area contributed by atoms with Gasteiger partial charge in [-0.3, -0.25) is 0 Å². The highest BCUT2D eigenvalue weighted by atomic mass is 32.2. The van der Waals surface area contributed by atoms with Crippen LogP contribution in [0, 0.1) is 6.92 Å². The molecule has 28 heavy (non-hydrogen) atoms. The van der Waals surface area contributed by atoms with Gasteiger partial charge in [-0.1, -0.05) is 24.1 Å². The summed E-state index contributed by atoms with van der Waals surface area (Å²) in [7, 11) is -2.37. The predicted molar refractivity (Wildman–Crippen MR) is 106 cm³/mol. The number of ether oxygens (including phenoxy) is 2. The van der Waals surface area contributed by atoms with E-state index >= 15 is 0 Å². The average molecular weight is 404 g/mol. The minimum absolute atomic E-state index is 0.0119. The molecule has 7 heteroatoms. The van der Waals surface area contributed by atoms with E-state index < -0.39 is 16.0 Å². The molecule has 1 aliphatic rings. The molecule has 6 nitrogen and oxygen atoms in total. The molecule has 1 fully saturated rings. The van der Waals surface area contributed by atoms with Crippen LogP contribution in [0.25, 0.3) is 0 Å². The number of rotatable bonds is 5. The maximum Gasteiger partial charge on any atom is 0.343 e. The van der Waals surface area contributed by atoms with Crippen LogP contribution in [0.2, 0.25) is 0 Å². The Morgan fingerprint density at radius 2 is 1.82 bits per heavy atom. The number of aryl methyl sites for hydroxylation is 1. The molecule has 0 radical (unpaired) electrons. The summed E-state index contributed by atoms with van der Waals surface area (Å²) in [6.45, 7) is 4.30. The van der Waals surface area contributed by atoms with E-state index in [9.17, 15) is 13.2 Å². The number of hydrogen-bond donors (Lipinski definition) is 0. The van der Waals surface area contributed by atoms with Crippen LogP contribution in [0.15, 0.2) is 47.4 Å². The lowest BCUT2D eigenvalue weighted by molar-refractivity contribution is 0.0734. The lowest BCUT2D eigenvalue weighted by Gasteiger charge is -2.32. The predicted octanol–water partition coefficient (Wildman–Crippen LogP) is 3.79. The third-order valence-electron chi connectivity index (χ3n) is 4.96. The van der Waals surface area contributed by atoms with E-state index in [2.05, 4.69) is 0 Å². The minimum Gasteiger partial charge on any atom is -0.495 e. The highest BCUT2D eigenvalue weighted by Gasteiger charge is 2.33. The van der Waals surface area contributed by atoms with Crippen molar-refractivity contribution in [2.24, 2.45) is 0 Å². The average Bonchev–Trinajstić information content (AvgIpc) is 2.69. The second kappa shape index (κ2) is 8.32. The number of hydrogen-bond acceptors (Lipinski definition) is 5. The van der Waals surface area contributed by atoms with Crippen molar-refractivity contribution in [1.29, 1.82) is 0 Å². The second-order valence-corrected chi connectivity index (χ2v) is 8.89.